The zero-order valence-electron chi connectivity index (χ0n) is 7.69. The van der Waals surface area contributed by atoms with Gasteiger partial charge in [0.25, 0.3) is 0 Å². The molecule has 62 valence electrons. The van der Waals surface area contributed by atoms with E-state index in [1.165, 1.54) is 5.56 Å². The molecule has 0 unspecified atom stereocenters. The van der Waals surface area contributed by atoms with Crippen LogP contribution in [0.3, 0.4) is 0 Å². The normalized spacial score (nSPS) is 11.7. The highest BCUT2D eigenvalue weighted by Gasteiger charge is 2.16. The molecule has 1 rings (SSSR count). The van der Waals surface area contributed by atoms with E-state index in [-0.39, 0.29) is 5.41 Å². The van der Waals surface area contributed by atoms with Crippen LogP contribution >= 0.6 is 15.9 Å². The molecule has 0 heterocycles. The fourth-order valence-corrected chi connectivity index (χ4v) is 1.96. The van der Waals surface area contributed by atoms with Crippen molar-refractivity contribution in [3.05, 3.63) is 28.2 Å². The average Bonchev–Trinajstić information content (AvgIpc) is 1.92. The van der Waals surface area contributed by atoms with Crippen LogP contribution in [0.5, 0.6) is 0 Å². The molecule has 0 nitrogen and oxygen atoms in total. The molecular formula is C10H12BBr. The quantitative estimate of drug-likeness (QED) is 0.592. The predicted octanol–water partition coefficient (Wildman–Crippen LogP) is 2.54. The molecule has 1 aromatic rings. The Labute approximate surface area is 83.9 Å². The third-order valence-corrected chi connectivity index (χ3v) is 2.49. The predicted molar refractivity (Wildman–Crippen MR) is 58.2 cm³/mol. The number of benzene rings is 1. The molecule has 0 atom stereocenters. The van der Waals surface area contributed by atoms with Crippen molar-refractivity contribution in [3.8, 4) is 0 Å². The molecule has 0 amide bonds. The van der Waals surface area contributed by atoms with E-state index in [4.69, 9.17) is 7.85 Å². The van der Waals surface area contributed by atoms with Gasteiger partial charge in [0.1, 0.15) is 7.85 Å². The Kier molecular flexibility index (Phi) is 2.67. The summed E-state index contributed by atoms with van der Waals surface area (Å²) in [6, 6.07) is 5.92. The van der Waals surface area contributed by atoms with Crippen molar-refractivity contribution in [1.82, 2.24) is 0 Å². The average molecular weight is 223 g/mol. The largest absolute Gasteiger partial charge is 0.113 e. The Morgan fingerprint density at radius 2 is 1.83 bits per heavy atom. The van der Waals surface area contributed by atoms with Gasteiger partial charge in [0.2, 0.25) is 0 Å². The second kappa shape index (κ2) is 3.25. The summed E-state index contributed by atoms with van der Waals surface area (Å²) in [5.41, 5.74) is 2.22. The Morgan fingerprint density at radius 3 is 2.25 bits per heavy atom. The summed E-state index contributed by atoms with van der Waals surface area (Å²) in [7, 11) is 5.70. The second-order valence-corrected chi connectivity index (χ2v) is 4.84. The maximum absolute atomic E-state index is 5.70. The van der Waals surface area contributed by atoms with E-state index in [2.05, 4.69) is 36.7 Å². The van der Waals surface area contributed by atoms with Gasteiger partial charge < -0.3 is 0 Å². The topological polar surface area (TPSA) is 0 Å². The molecule has 0 aliphatic carbocycles. The monoisotopic (exact) mass is 222 g/mol. The molecule has 0 saturated carbocycles. The number of hydrogen-bond donors (Lipinski definition) is 0. The maximum atomic E-state index is 5.70. The molecule has 0 aliphatic rings. The number of rotatable bonds is 0. The zero-order chi connectivity index (χ0) is 9.35. The lowest BCUT2D eigenvalue weighted by molar-refractivity contribution is 0.587. The van der Waals surface area contributed by atoms with Gasteiger partial charge in [-0.1, -0.05) is 54.3 Å². The van der Waals surface area contributed by atoms with Crippen LogP contribution in [0.15, 0.2) is 22.7 Å². The summed E-state index contributed by atoms with van der Waals surface area (Å²) in [6.07, 6.45) is 0. The zero-order valence-corrected chi connectivity index (χ0v) is 9.27. The van der Waals surface area contributed by atoms with Crippen LogP contribution in [0.4, 0.5) is 0 Å². The molecule has 0 aromatic heterocycles. The van der Waals surface area contributed by atoms with Gasteiger partial charge in [0.05, 0.1) is 0 Å². The summed E-state index contributed by atoms with van der Waals surface area (Å²) >= 11 is 3.51. The lowest BCUT2D eigenvalue weighted by Gasteiger charge is -2.21. The number of hydrogen-bond acceptors (Lipinski definition) is 0. The van der Waals surface area contributed by atoms with Gasteiger partial charge in [0, 0.05) is 4.47 Å². The van der Waals surface area contributed by atoms with Crippen LogP contribution in [0.1, 0.15) is 26.3 Å². The lowest BCUT2D eigenvalue weighted by atomic mass is 9.83. The minimum absolute atomic E-state index is 0.147. The molecule has 0 saturated heterocycles. The maximum Gasteiger partial charge on any atom is 0.113 e. The van der Waals surface area contributed by atoms with Crippen molar-refractivity contribution in [3.63, 3.8) is 0 Å². The third-order valence-electron chi connectivity index (χ3n) is 1.80. The van der Waals surface area contributed by atoms with Crippen LogP contribution in [0.2, 0.25) is 0 Å². The van der Waals surface area contributed by atoms with E-state index < -0.39 is 0 Å². The lowest BCUT2D eigenvalue weighted by Crippen LogP contribution is -2.15. The molecule has 0 spiro atoms. The van der Waals surface area contributed by atoms with E-state index in [0.29, 0.717) is 0 Å². The van der Waals surface area contributed by atoms with E-state index in [1.54, 1.807) is 0 Å². The molecule has 0 aliphatic heterocycles. The van der Waals surface area contributed by atoms with Crippen LogP contribution in [0.25, 0.3) is 0 Å². The van der Waals surface area contributed by atoms with Gasteiger partial charge in [-0.15, -0.1) is 0 Å². The van der Waals surface area contributed by atoms with Crippen LogP contribution in [0, 0.1) is 0 Å². The summed E-state index contributed by atoms with van der Waals surface area (Å²) in [4.78, 5) is 0. The van der Waals surface area contributed by atoms with Crippen LogP contribution in [-0.4, -0.2) is 7.85 Å². The molecule has 0 bridgehead atoms. The minimum Gasteiger partial charge on any atom is -0.0963 e. The smallest absolute Gasteiger partial charge is 0.0963 e. The van der Waals surface area contributed by atoms with Gasteiger partial charge in [-0.25, -0.2) is 0 Å². The van der Waals surface area contributed by atoms with Crippen molar-refractivity contribution in [2.24, 2.45) is 0 Å². The first-order valence-electron chi connectivity index (χ1n) is 3.97. The van der Waals surface area contributed by atoms with E-state index >= 15 is 0 Å². The molecule has 0 fully saturated rings. The van der Waals surface area contributed by atoms with Crippen molar-refractivity contribution in [2.45, 2.75) is 26.2 Å². The third kappa shape index (κ3) is 2.13. The Morgan fingerprint density at radius 1 is 1.25 bits per heavy atom. The molecule has 2 radical (unpaired) electrons. The first kappa shape index (κ1) is 9.85. The molecule has 12 heavy (non-hydrogen) atoms. The Hall–Kier alpha value is -0.235. The van der Waals surface area contributed by atoms with Crippen molar-refractivity contribution >= 4 is 29.2 Å². The highest BCUT2D eigenvalue weighted by molar-refractivity contribution is 9.10. The standard InChI is InChI=1S/C10H12BBr/c1-10(2,3)8-6-7(11)4-5-9(8)12/h4-6H,1-3H3. The van der Waals surface area contributed by atoms with E-state index in [9.17, 15) is 0 Å². The summed E-state index contributed by atoms with van der Waals surface area (Å²) < 4.78 is 1.13. The van der Waals surface area contributed by atoms with E-state index in [1.807, 2.05) is 18.2 Å². The summed E-state index contributed by atoms with van der Waals surface area (Å²) in [6.45, 7) is 6.52. The minimum atomic E-state index is 0.147. The first-order valence-corrected chi connectivity index (χ1v) is 4.76. The second-order valence-electron chi connectivity index (χ2n) is 3.99. The highest BCUT2D eigenvalue weighted by Crippen LogP contribution is 2.28. The van der Waals surface area contributed by atoms with Crippen molar-refractivity contribution < 1.29 is 0 Å². The highest BCUT2D eigenvalue weighted by atomic mass is 79.9. The van der Waals surface area contributed by atoms with E-state index in [0.717, 1.165) is 9.94 Å². The number of halogens is 1. The van der Waals surface area contributed by atoms with Crippen molar-refractivity contribution in [1.29, 1.82) is 0 Å². The van der Waals surface area contributed by atoms with Gasteiger partial charge in [-0.05, 0) is 17.0 Å². The molecule has 0 N–H and O–H groups in total. The van der Waals surface area contributed by atoms with Crippen LogP contribution < -0.4 is 5.46 Å². The fourth-order valence-electron chi connectivity index (χ4n) is 1.12. The van der Waals surface area contributed by atoms with Crippen molar-refractivity contribution in [2.75, 3.05) is 0 Å². The molecular weight excluding hydrogens is 211 g/mol. The summed E-state index contributed by atoms with van der Waals surface area (Å²) in [5, 5.41) is 0. The van der Waals surface area contributed by atoms with Gasteiger partial charge in [-0.2, -0.15) is 0 Å². The first-order chi connectivity index (χ1) is 5.41. The Balaban J connectivity index is 3.23. The fraction of sp³-hybridized carbons (Fsp3) is 0.400. The van der Waals surface area contributed by atoms with Gasteiger partial charge >= 0.3 is 0 Å². The summed E-state index contributed by atoms with van der Waals surface area (Å²) in [5.74, 6) is 0. The molecule has 1 aromatic carbocycles. The molecule has 2 heteroatoms. The van der Waals surface area contributed by atoms with Gasteiger partial charge in [0.15, 0.2) is 0 Å². The Bertz CT molecular complexity index is 286. The SMILES string of the molecule is [B]c1ccc(Br)c(C(C)(C)C)c1. The van der Waals surface area contributed by atoms with Gasteiger partial charge in [-0.3, -0.25) is 0 Å². The van der Waals surface area contributed by atoms with Crippen LogP contribution in [-0.2, 0) is 5.41 Å².